The Balaban J connectivity index is 1.45. The predicted octanol–water partition coefficient (Wildman–Crippen LogP) is 2.42. The van der Waals surface area contributed by atoms with Gasteiger partial charge in [-0.05, 0) is 61.2 Å². The molecule has 2 aromatic carbocycles. The van der Waals surface area contributed by atoms with E-state index in [9.17, 15) is 19.2 Å². The van der Waals surface area contributed by atoms with Gasteiger partial charge in [0.2, 0.25) is 5.91 Å². The Labute approximate surface area is 198 Å². The molecule has 1 N–H and O–H groups in total. The lowest BCUT2D eigenvalue weighted by Crippen LogP contribution is -2.47. The van der Waals surface area contributed by atoms with Gasteiger partial charge in [0.05, 0.1) is 19.6 Å². The maximum Gasteiger partial charge on any atom is 0.325 e. The number of ether oxygens (including phenoxy) is 2. The number of carbonyl (C=O) groups is 4. The lowest BCUT2D eigenvalue weighted by Gasteiger charge is -2.31. The molecule has 2 saturated heterocycles. The van der Waals surface area contributed by atoms with Crippen LogP contribution in [0.15, 0.2) is 36.4 Å². The number of carbonyl (C=O) groups excluding carboxylic acids is 4. The third-order valence-corrected chi connectivity index (χ3v) is 6.66. The van der Waals surface area contributed by atoms with E-state index in [4.69, 9.17) is 9.47 Å². The molecule has 0 saturated carbocycles. The van der Waals surface area contributed by atoms with Gasteiger partial charge in [0.15, 0.2) is 0 Å². The molecule has 2 aliphatic rings. The Morgan fingerprint density at radius 1 is 1.09 bits per heavy atom. The molecule has 9 heteroatoms. The van der Waals surface area contributed by atoms with E-state index in [0.717, 1.165) is 21.4 Å². The standard InChI is InChI=1S/C25H29N3O6/c1-4-34-22(30)16-9-11-27(12-10-16)21(29)15-28-23(31)25(2,26-24(28)32)19-7-5-18-14-20(33-3)8-6-17(18)13-19/h5-8,13-14,16H,4,9-12,15H2,1-3H3,(H,26,32)/t25-/m0/s1. The first-order chi connectivity index (χ1) is 16.3. The Hall–Kier alpha value is -3.62. The van der Waals surface area contributed by atoms with Crippen LogP contribution in [-0.4, -0.2) is 67.0 Å². The molecular weight excluding hydrogens is 438 g/mol. The van der Waals surface area contributed by atoms with Crippen LogP contribution in [0.25, 0.3) is 10.8 Å². The number of hydrogen-bond donors (Lipinski definition) is 1. The SMILES string of the molecule is CCOC(=O)C1CCN(C(=O)CN2C(=O)N[C@@](C)(c3ccc4cc(OC)ccc4c3)C2=O)CC1. The van der Waals surface area contributed by atoms with E-state index in [1.54, 1.807) is 31.9 Å². The number of benzene rings is 2. The summed E-state index contributed by atoms with van der Waals surface area (Å²) in [6, 6.07) is 10.6. The molecule has 0 unspecified atom stereocenters. The second kappa shape index (κ2) is 9.32. The van der Waals surface area contributed by atoms with Crippen LogP contribution in [0.1, 0.15) is 32.3 Å². The number of fused-ring (bicyclic) bond motifs is 1. The van der Waals surface area contributed by atoms with Crippen LogP contribution in [0.3, 0.4) is 0 Å². The van der Waals surface area contributed by atoms with Crippen molar-refractivity contribution in [2.75, 3.05) is 33.4 Å². The minimum atomic E-state index is -1.28. The number of amides is 4. The van der Waals surface area contributed by atoms with Crippen molar-refractivity contribution in [2.24, 2.45) is 5.92 Å². The van der Waals surface area contributed by atoms with Crippen molar-refractivity contribution < 1.29 is 28.7 Å². The zero-order valence-corrected chi connectivity index (χ0v) is 19.6. The third kappa shape index (κ3) is 4.30. The van der Waals surface area contributed by atoms with Crippen LogP contribution >= 0.6 is 0 Å². The van der Waals surface area contributed by atoms with E-state index in [-0.39, 0.29) is 24.3 Å². The second-order valence-electron chi connectivity index (χ2n) is 8.78. The molecule has 0 radical (unpaired) electrons. The highest BCUT2D eigenvalue weighted by molar-refractivity contribution is 6.09. The summed E-state index contributed by atoms with van der Waals surface area (Å²) in [4.78, 5) is 53.3. The monoisotopic (exact) mass is 467 g/mol. The van der Waals surface area contributed by atoms with Gasteiger partial charge in [0, 0.05) is 13.1 Å². The molecule has 0 aromatic heterocycles. The molecule has 2 aliphatic heterocycles. The highest BCUT2D eigenvalue weighted by Crippen LogP contribution is 2.32. The maximum atomic E-state index is 13.3. The second-order valence-corrected chi connectivity index (χ2v) is 8.78. The van der Waals surface area contributed by atoms with Gasteiger partial charge in [0.1, 0.15) is 17.8 Å². The van der Waals surface area contributed by atoms with Crippen molar-refractivity contribution in [1.82, 2.24) is 15.1 Å². The number of imide groups is 1. The molecule has 0 bridgehead atoms. The molecule has 34 heavy (non-hydrogen) atoms. The largest absolute Gasteiger partial charge is 0.497 e. The van der Waals surface area contributed by atoms with Crippen molar-refractivity contribution in [2.45, 2.75) is 32.2 Å². The van der Waals surface area contributed by atoms with Crippen LogP contribution in [0.2, 0.25) is 0 Å². The lowest BCUT2D eigenvalue weighted by atomic mass is 9.90. The number of esters is 1. The van der Waals surface area contributed by atoms with Gasteiger partial charge in [0.25, 0.3) is 5.91 Å². The van der Waals surface area contributed by atoms with Crippen LogP contribution < -0.4 is 10.1 Å². The normalized spacial score (nSPS) is 21.0. The zero-order valence-electron chi connectivity index (χ0n) is 19.6. The van der Waals surface area contributed by atoms with Gasteiger partial charge in [-0.2, -0.15) is 0 Å². The minimum Gasteiger partial charge on any atom is -0.497 e. The highest BCUT2D eigenvalue weighted by atomic mass is 16.5. The fourth-order valence-electron chi connectivity index (χ4n) is 4.56. The molecule has 0 aliphatic carbocycles. The number of hydrogen-bond acceptors (Lipinski definition) is 6. The number of rotatable bonds is 6. The smallest absolute Gasteiger partial charge is 0.325 e. The van der Waals surface area contributed by atoms with Gasteiger partial charge in [-0.3, -0.25) is 19.3 Å². The van der Waals surface area contributed by atoms with E-state index >= 15 is 0 Å². The number of nitrogens with one attached hydrogen (secondary N) is 1. The highest BCUT2D eigenvalue weighted by Gasteiger charge is 2.50. The Morgan fingerprint density at radius 3 is 2.44 bits per heavy atom. The summed E-state index contributed by atoms with van der Waals surface area (Å²) in [5.41, 5.74) is -0.642. The quantitative estimate of drug-likeness (QED) is 0.517. The van der Waals surface area contributed by atoms with Crippen molar-refractivity contribution in [3.05, 3.63) is 42.0 Å². The lowest BCUT2D eigenvalue weighted by molar-refractivity contribution is -0.151. The first-order valence-corrected chi connectivity index (χ1v) is 11.4. The Kier molecular flexibility index (Phi) is 6.45. The van der Waals surface area contributed by atoms with E-state index < -0.39 is 17.5 Å². The predicted molar refractivity (Wildman–Crippen MR) is 124 cm³/mol. The van der Waals surface area contributed by atoms with Crippen molar-refractivity contribution in [3.8, 4) is 5.75 Å². The molecule has 2 aromatic rings. The molecule has 0 spiro atoms. The van der Waals surface area contributed by atoms with Crippen molar-refractivity contribution in [3.63, 3.8) is 0 Å². The van der Waals surface area contributed by atoms with Crippen LogP contribution in [0, 0.1) is 5.92 Å². The summed E-state index contributed by atoms with van der Waals surface area (Å²) in [7, 11) is 1.60. The molecule has 4 amide bonds. The van der Waals surface area contributed by atoms with Crippen LogP contribution in [0.5, 0.6) is 5.75 Å². The first-order valence-electron chi connectivity index (χ1n) is 11.4. The number of methoxy groups -OCH3 is 1. The molecule has 180 valence electrons. The van der Waals surface area contributed by atoms with E-state index in [0.29, 0.717) is 38.1 Å². The first kappa shape index (κ1) is 23.5. The fourth-order valence-corrected chi connectivity index (χ4v) is 4.56. The van der Waals surface area contributed by atoms with Crippen LogP contribution in [0.4, 0.5) is 4.79 Å². The maximum absolute atomic E-state index is 13.3. The fraction of sp³-hybridized carbons (Fsp3) is 0.440. The Bertz CT molecular complexity index is 1140. The van der Waals surface area contributed by atoms with E-state index in [1.807, 2.05) is 30.3 Å². The van der Waals surface area contributed by atoms with Crippen molar-refractivity contribution >= 4 is 34.6 Å². The van der Waals surface area contributed by atoms with E-state index in [2.05, 4.69) is 5.32 Å². The number of urea groups is 1. The Morgan fingerprint density at radius 2 is 1.76 bits per heavy atom. The molecule has 2 fully saturated rings. The van der Waals surface area contributed by atoms with Gasteiger partial charge in [-0.25, -0.2) is 4.79 Å². The number of likely N-dealkylation sites (tertiary alicyclic amines) is 1. The summed E-state index contributed by atoms with van der Waals surface area (Å²) in [6.45, 7) is 4.17. The van der Waals surface area contributed by atoms with Gasteiger partial charge in [-0.15, -0.1) is 0 Å². The summed E-state index contributed by atoms with van der Waals surface area (Å²) >= 11 is 0. The molecular formula is C25H29N3O6. The zero-order chi connectivity index (χ0) is 24.5. The number of nitrogens with zero attached hydrogens (tertiary/aromatic N) is 2. The third-order valence-electron chi connectivity index (χ3n) is 6.66. The molecule has 1 atom stereocenters. The topological polar surface area (TPSA) is 105 Å². The summed E-state index contributed by atoms with van der Waals surface area (Å²) in [6.07, 6.45) is 1.01. The summed E-state index contributed by atoms with van der Waals surface area (Å²) in [5.74, 6) is -0.529. The van der Waals surface area contributed by atoms with Crippen molar-refractivity contribution in [1.29, 1.82) is 0 Å². The van der Waals surface area contributed by atoms with Crippen LogP contribution in [-0.2, 0) is 24.7 Å². The molecule has 4 rings (SSSR count). The minimum absolute atomic E-state index is 0.225. The average Bonchev–Trinajstić information content (AvgIpc) is 3.07. The summed E-state index contributed by atoms with van der Waals surface area (Å²) < 4.78 is 10.3. The van der Waals surface area contributed by atoms with Gasteiger partial charge >= 0.3 is 12.0 Å². The average molecular weight is 468 g/mol. The summed E-state index contributed by atoms with van der Waals surface area (Å²) in [5, 5.41) is 4.61. The van der Waals surface area contributed by atoms with E-state index in [1.165, 1.54) is 0 Å². The van der Waals surface area contributed by atoms with Gasteiger partial charge < -0.3 is 19.7 Å². The molecule has 9 nitrogen and oxygen atoms in total. The van der Waals surface area contributed by atoms with Gasteiger partial charge in [-0.1, -0.05) is 18.2 Å². The number of piperidine rings is 1. The molecule has 2 heterocycles.